The number of benzene rings is 1. The summed E-state index contributed by atoms with van der Waals surface area (Å²) in [6.07, 6.45) is 4.29. The average molecular weight is 360 g/mol. The fourth-order valence-electron chi connectivity index (χ4n) is 2.76. The Morgan fingerprint density at radius 2 is 1.58 bits per heavy atom. The van der Waals surface area contributed by atoms with E-state index in [9.17, 15) is 9.59 Å². The second-order valence-corrected chi connectivity index (χ2v) is 8.91. The van der Waals surface area contributed by atoms with Gasteiger partial charge in [-0.05, 0) is 47.9 Å². The molecule has 0 aliphatic heterocycles. The van der Waals surface area contributed by atoms with Gasteiger partial charge in [-0.15, -0.1) is 0 Å². The van der Waals surface area contributed by atoms with Crippen molar-refractivity contribution in [1.82, 2.24) is 0 Å². The van der Waals surface area contributed by atoms with Crippen molar-refractivity contribution in [2.75, 3.05) is 0 Å². The van der Waals surface area contributed by atoms with Gasteiger partial charge in [0.25, 0.3) is 0 Å². The summed E-state index contributed by atoms with van der Waals surface area (Å²) in [5.41, 5.74) is -0.111. The molecule has 1 unspecified atom stereocenters. The van der Waals surface area contributed by atoms with Crippen molar-refractivity contribution in [3.63, 3.8) is 0 Å². The number of esters is 1. The van der Waals surface area contributed by atoms with Crippen LogP contribution in [0.5, 0.6) is 5.75 Å². The number of carbonyl (C=O) groups excluding carboxylic acids is 1. The van der Waals surface area contributed by atoms with Gasteiger partial charge in [0.15, 0.2) is 0 Å². The third kappa shape index (κ3) is 5.72. The maximum Gasteiger partial charge on any atom is 0.328 e. The summed E-state index contributed by atoms with van der Waals surface area (Å²) in [4.78, 5) is 23.6. The normalized spacial score (nSPS) is 14.9. The lowest BCUT2D eigenvalue weighted by molar-refractivity contribution is -0.154. The number of carbonyl (C=O) groups is 2. The Labute approximate surface area is 157 Å². The third-order valence-corrected chi connectivity index (χ3v) is 5.40. The molecule has 0 saturated carbocycles. The molecule has 0 aliphatic carbocycles. The highest BCUT2D eigenvalue weighted by Crippen LogP contribution is 2.48. The zero-order chi connectivity index (χ0) is 20.2. The smallest absolute Gasteiger partial charge is 0.328 e. The molecule has 0 aliphatic rings. The fourth-order valence-corrected chi connectivity index (χ4v) is 2.76. The largest absolute Gasteiger partial charge is 0.478 e. The molecule has 26 heavy (non-hydrogen) atoms. The summed E-state index contributed by atoms with van der Waals surface area (Å²) in [7, 11) is 0. The summed E-state index contributed by atoms with van der Waals surface area (Å²) in [6, 6.07) is 6.83. The Morgan fingerprint density at radius 3 is 2.00 bits per heavy atom. The molecule has 0 spiro atoms. The SMILES string of the molecule is CCC(C)(C)CC(C)(C(=O)Oc1ccc(/C=C/C(=O)O)cc1)C(C)(C)C. The Kier molecular flexibility index (Phi) is 6.81. The second kappa shape index (κ2) is 8.07. The van der Waals surface area contributed by atoms with E-state index in [2.05, 4.69) is 41.5 Å². The van der Waals surface area contributed by atoms with Gasteiger partial charge in [-0.2, -0.15) is 0 Å². The Bertz CT molecular complexity index is 662. The van der Waals surface area contributed by atoms with Crippen molar-refractivity contribution < 1.29 is 19.4 Å². The Balaban J connectivity index is 3.02. The molecule has 4 heteroatoms. The molecule has 1 rings (SSSR count). The van der Waals surface area contributed by atoms with Crippen LogP contribution < -0.4 is 4.74 Å². The summed E-state index contributed by atoms with van der Waals surface area (Å²) in [5.74, 6) is -0.771. The fraction of sp³-hybridized carbons (Fsp3) is 0.545. The van der Waals surface area contributed by atoms with E-state index in [0.717, 1.165) is 24.5 Å². The molecule has 1 aromatic rings. The Hall–Kier alpha value is -2.10. The number of hydrogen-bond acceptors (Lipinski definition) is 3. The number of carboxylic acids is 1. The predicted octanol–water partition coefficient (Wildman–Crippen LogP) is 5.57. The van der Waals surface area contributed by atoms with E-state index in [1.165, 1.54) is 6.08 Å². The lowest BCUT2D eigenvalue weighted by Crippen LogP contribution is -2.45. The topological polar surface area (TPSA) is 63.6 Å². The third-order valence-electron chi connectivity index (χ3n) is 5.40. The number of carboxylic acid groups (broad SMARTS) is 1. The van der Waals surface area contributed by atoms with Crippen molar-refractivity contribution in [3.05, 3.63) is 35.9 Å². The molecule has 0 radical (unpaired) electrons. The van der Waals surface area contributed by atoms with Gasteiger partial charge >= 0.3 is 11.9 Å². The van der Waals surface area contributed by atoms with E-state index in [0.29, 0.717) is 5.75 Å². The van der Waals surface area contributed by atoms with Crippen molar-refractivity contribution in [3.8, 4) is 5.75 Å². The molecule has 4 nitrogen and oxygen atoms in total. The van der Waals surface area contributed by atoms with Gasteiger partial charge in [-0.3, -0.25) is 4.79 Å². The first-order valence-corrected chi connectivity index (χ1v) is 9.04. The molecular formula is C22H32O4. The zero-order valence-electron chi connectivity index (χ0n) is 17.1. The first-order valence-electron chi connectivity index (χ1n) is 9.04. The van der Waals surface area contributed by atoms with Crippen LogP contribution in [0.2, 0.25) is 0 Å². The van der Waals surface area contributed by atoms with Crippen LogP contribution in [0.4, 0.5) is 0 Å². The van der Waals surface area contributed by atoms with E-state index in [4.69, 9.17) is 9.84 Å². The van der Waals surface area contributed by atoms with Gasteiger partial charge in [0.2, 0.25) is 0 Å². The predicted molar refractivity (Wildman–Crippen MR) is 105 cm³/mol. The highest BCUT2D eigenvalue weighted by Gasteiger charge is 2.48. The van der Waals surface area contributed by atoms with Crippen molar-refractivity contribution >= 4 is 18.0 Å². The van der Waals surface area contributed by atoms with E-state index in [-0.39, 0.29) is 16.8 Å². The van der Waals surface area contributed by atoms with E-state index >= 15 is 0 Å². The number of aliphatic carboxylic acids is 1. The first-order chi connectivity index (χ1) is 11.8. The molecule has 1 atom stereocenters. The highest BCUT2D eigenvalue weighted by molar-refractivity contribution is 5.85. The van der Waals surface area contributed by atoms with Gasteiger partial charge in [-0.25, -0.2) is 4.79 Å². The molecule has 0 amide bonds. The molecule has 0 heterocycles. The average Bonchev–Trinajstić information content (AvgIpc) is 2.52. The van der Waals surface area contributed by atoms with Gasteiger partial charge in [-0.1, -0.05) is 60.1 Å². The van der Waals surface area contributed by atoms with Crippen LogP contribution in [0.25, 0.3) is 6.08 Å². The summed E-state index contributed by atoms with van der Waals surface area (Å²) in [6.45, 7) is 14.7. The molecule has 0 fully saturated rings. The maximum atomic E-state index is 13.1. The maximum absolute atomic E-state index is 13.1. The van der Waals surface area contributed by atoms with E-state index in [1.807, 2.05) is 6.92 Å². The van der Waals surface area contributed by atoms with Gasteiger partial charge in [0.05, 0.1) is 5.41 Å². The minimum atomic E-state index is -1.00. The number of rotatable bonds is 7. The summed E-state index contributed by atoms with van der Waals surface area (Å²) >= 11 is 0. The minimum Gasteiger partial charge on any atom is -0.478 e. The van der Waals surface area contributed by atoms with Crippen LogP contribution in [0, 0.1) is 16.2 Å². The summed E-state index contributed by atoms with van der Waals surface area (Å²) in [5, 5.41) is 8.67. The standard InChI is InChI=1S/C22H32O4/c1-8-21(5,6)15-22(7,20(2,3)4)19(25)26-17-12-9-16(10-13-17)11-14-18(23)24/h9-14H,8,15H2,1-7H3,(H,23,24)/b14-11+. The molecule has 0 bridgehead atoms. The van der Waals surface area contributed by atoms with Crippen LogP contribution in [0.1, 0.15) is 66.9 Å². The van der Waals surface area contributed by atoms with Crippen LogP contribution in [0.3, 0.4) is 0 Å². The quantitative estimate of drug-likeness (QED) is 0.392. The molecule has 1 aromatic carbocycles. The minimum absolute atomic E-state index is 0.0343. The lowest BCUT2D eigenvalue weighted by Gasteiger charge is -2.44. The number of hydrogen-bond donors (Lipinski definition) is 1. The van der Waals surface area contributed by atoms with Crippen LogP contribution in [-0.4, -0.2) is 17.0 Å². The lowest BCUT2D eigenvalue weighted by atomic mass is 9.60. The molecule has 1 N–H and O–H groups in total. The second-order valence-electron chi connectivity index (χ2n) is 8.91. The van der Waals surface area contributed by atoms with Crippen LogP contribution in [0.15, 0.2) is 30.3 Å². The molecule has 0 saturated heterocycles. The number of ether oxygens (including phenoxy) is 1. The van der Waals surface area contributed by atoms with Crippen molar-refractivity contribution in [1.29, 1.82) is 0 Å². The first kappa shape index (κ1) is 21.9. The van der Waals surface area contributed by atoms with Gasteiger partial charge in [0, 0.05) is 6.08 Å². The van der Waals surface area contributed by atoms with Crippen LogP contribution >= 0.6 is 0 Å². The van der Waals surface area contributed by atoms with E-state index < -0.39 is 11.4 Å². The molecule has 144 valence electrons. The zero-order valence-corrected chi connectivity index (χ0v) is 17.1. The summed E-state index contributed by atoms with van der Waals surface area (Å²) < 4.78 is 5.70. The van der Waals surface area contributed by atoms with Crippen LogP contribution in [-0.2, 0) is 9.59 Å². The van der Waals surface area contributed by atoms with Gasteiger partial charge < -0.3 is 9.84 Å². The van der Waals surface area contributed by atoms with E-state index in [1.54, 1.807) is 24.3 Å². The van der Waals surface area contributed by atoms with Crippen molar-refractivity contribution in [2.24, 2.45) is 16.2 Å². The Morgan fingerprint density at radius 1 is 1.04 bits per heavy atom. The van der Waals surface area contributed by atoms with Gasteiger partial charge in [0.1, 0.15) is 5.75 Å². The van der Waals surface area contributed by atoms with Crippen molar-refractivity contribution in [2.45, 2.75) is 61.3 Å². The monoisotopic (exact) mass is 360 g/mol. The highest BCUT2D eigenvalue weighted by atomic mass is 16.5. The molecule has 0 aromatic heterocycles. The molecular weight excluding hydrogens is 328 g/mol.